The summed E-state index contributed by atoms with van der Waals surface area (Å²) in [6.45, 7) is 7.79. The molecule has 28 heavy (non-hydrogen) atoms. The molecule has 0 bridgehead atoms. The van der Waals surface area contributed by atoms with Crippen molar-refractivity contribution in [3.8, 4) is 0 Å². The van der Waals surface area contributed by atoms with Crippen molar-refractivity contribution in [2.45, 2.75) is 34.1 Å². The van der Waals surface area contributed by atoms with E-state index >= 15 is 0 Å². The Morgan fingerprint density at radius 3 is 2.32 bits per heavy atom. The zero-order valence-electron chi connectivity index (χ0n) is 16.7. The summed E-state index contributed by atoms with van der Waals surface area (Å²) in [5.74, 6) is -0.716. The Labute approximate surface area is 165 Å². The molecule has 0 atom stereocenters. The first-order chi connectivity index (χ1) is 13.3. The summed E-state index contributed by atoms with van der Waals surface area (Å²) in [6.07, 6.45) is 0.159. The van der Waals surface area contributed by atoms with Gasteiger partial charge in [-0.05, 0) is 62.2 Å². The van der Waals surface area contributed by atoms with Crippen molar-refractivity contribution in [1.29, 1.82) is 0 Å². The Hall–Kier alpha value is -3.15. The quantitative estimate of drug-likeness (QED) is 0.738. The molecule has 0 aromatic heterocycles. The van der Waals surface area contributed by atoms with E-state index in [2.05, 4.69) is 5.32 Å². The van der Waals surface area contributed by atoms with Crippen LogP contribution >= 0.6 is 0 Å². The molecule has 2 aromatic carbocycles. The van der Waals surface area contributed by atoms with E-state index in [0.717, 1.165) is 16.8 Å². The normalized spacial score (nSPS) is 10.3. The number of hydrogen-bond acceptors (Lipinski definition) is 4. The van der Waals surface area contributed by atoms with E-state index < -0.39 is 5.97 Å². The van der Waals surface area contributed by atoms with Crippen LogP contribution in [0.15, 0.2) is 42.5 Å². The lowest BCUT2D eigenvalue weighted by atomic mass is 10.1. The first-order valence-electron chi connectivity index (χ1n) is 9.24. The van der Waals surface area contributed by atoms with Gasteiger partial charge in [-0.1, -0.05) is 12.1 Å². The second-order valence-corrected chi connectivity index (χ2v) is 6.49. The van der Waals surface area contributed by atoms with Gasteiger partial charge in [-0.25, -0.2) is 4.79 Å². The van der Waals surface area contributed by atoms with Crippen LogP contribution in [-0.2, 0) is 14.3 Å². The van der Waals surface area contributed by atoms with Gasteiger partial charge in [-0.15, -0.1) is 0 Å². The molecule has 6 heteroatoms. The molecule has 2 amide bonds. The summed E-state index contributed by atoms with van der Waals surface area (Å²) in [5, 5.41) is 2.78. The van der Waals surface area contributed by atoms with Gasteiger partial charge in [0.2, 0.25) is 11.8 Å². The second kappa shape index (κ2) is 9.69. The number of amides is 2. The van der Waals surface area contributed by atoms with E-state index in [1.54, 1.807) is 36.1 Å². The van der Waals surface area contributed by atoms with Crippen LogP contribution in [-0.4, -0.2) is 30.9 Å². The molecule has 0 saturated heterocycles. The number of aryl methyl sites for hydroxylation is 1. The van der Waals surface area contributed by atoms with E-state index in [1.165, 1.54) is 6.92 Å². The monoisotopic (exact) mass is 382 g/mol. The van der Waals surface area contributed by atoms with Crippen molar-refractivity contribution in [3.63, 3.8) is 0 Å². The van der Waals surface area contributed by atoms with Gasteiger partial charge < -0.3 is 15.0 Å². The fourth-order valence-corrected chi connectivity index (χ4v) is 2.82. The van der Waals surface area contributed by atoms with Crippen LogP contribution in [0.2, 0.25) is 0 Å². The van der Waals surface area contributed by atoms with Gasteiger partial charge in [0.15, 0.2) is 0 Å². The number of anilines is 2. The van der Waals surface area contributed by atoms with Crippen molar-refractivity contribution in [2.75, 3.05) is 23.4 Å². The Kier molecular flexibility index (Phi) is 7.32. The molecular weight excluding hydrogens is 356 g/mol. The second-order valence-electron chi connectivity index (χ2n) is 6.49. The lowest BCUT2D eigenvalue weighted by Crippen LogP contribution is -2.32. The number of esters is 1. The van der Waals surface area contributed by atoms with E-state index in [1.807, 2.05) is 32.0 Å². The molecule has 6 nitrogen and oxygen atoms in total. The first-order valence-corrected chi connectivity index (χ1v) is 9.24. The van der Waals surface area contributed by atoms with E-state index in [4.69, 9.17) is 4.74 Å². The molecule has 0 heterocycles. The predicted molar refractivity (Wildman–Crippen MR) is 110 cm³/mol. The van der Waals surface area contributed by atoms with Crippen molar-refractivity contribution in [3.05, 3.63) is 59.2 Å². The molecule has 0 aliphatic carbocycles. The molecule has 148 valence electrons. The van der Waals surface area contributed by atoms with Crippen LogP contribution in [0.25, 0.3) is 0 Å². The largest absolute Gasteiger partial charge is 0.462 e. The molecular formula is C22H26N2O4. The number of ether oxygens (including phenoxy) is 1. The highest BCUT2D eigenvalue weighted by Gasteiger charge is 2.16. The molecule has 0 aliphatic heterocycles. The molecule has 0 unspecified atom stereocenters. The lowest BCUT2D eigenvalue weighted by Gasteiger charge is -2.23. The van der Waals surface area contributed by atoms with Crippen molar-refractivity contribution < 1.29 is 19.1 Å². The number of carbonyl (C=O) groups is 3. The number of rotatable bonds is 7. The third-order valence-corrected chi connectivity index (χ3v) is 4.49. The number of benzene rings is 2. The highest BCUT2D eigenvalue weighted by molar-refractivity contribution is 5.96. The third kappa shape index (κ3) is 5.42. The van der Waals surface area contributed by atoms with Crippen LogP contribution in [0, 0.1) is 13.8 Å². The Morgan fingerprint density at radius 1 is 1.04 bits per heavy atom. The van der Waals surface area contributed by atoms with Gasteiger partial charge in [0.1, 0.15) is 0 Å². The van der Waals surface area contributed by atoms with E-state index in [-0.39, 0.29) is 24.8 Å². The van der Waals surface area contributed by atoms with E-state index in [0.29, 0.717) is 17.9 Å². The summed E-state index contributed by atoms with van der Waals surface area (Å²) >= 11 is 0. The maximum absolute atomic E-state index is 12.3. The van der Waals surface area contributed by atoms with Crippen molar-refractivity contribution in [2.24, 2.45) is 0 Å². The maximum Gasteiger partial charge on any atom is 0.338 e. The Bertz CT molecular complexity index is 859. The average Bonchev–Trinajstić information content (AvgIpc) is 2.65. The summed E-state index contributed by atoms with van der Waals surface area (Å²) < 4.78 is 4.93. The minimum Gasteiger partial charge on any atom is -0.462 e. The number of carbonyl (C=O) groups excluding carboxylic acids is 3. The maximum atomic E-state index is 12.3. The smallest absolute Gasteiger partial charge is 0.338 e. The fourth-order valence-electron chi connectivity index (χ4n) is 2.82. The Balaban J connectivity index is 1.99. The number of nitrogens with zero attached hydrogens (tertiary/aromatic N) is 1. The summed E-state index contributed by atoms with van der Waals surface area (Å²) in [4.78, 5) is 37.7. The first kappa shape index (κ1) is 21.2. The minimum atomic E-state index is -0.397. The highest BCUT2D eigenvalue weighted by Crippen LogP contribution is 2.23. The number of nitrogens with one attached hydrogen (secondary N) is 1. The fraction of sp³-hybridized carbons (Fsp3) is 0.318. The van der Waals surface area contributed by atoms with Gasteiger partial charge in [0, 0.05) is 31.3 Å². The summed E-state index contributed by atoms with van der Waals surface area (Å²) in [5.41, 5.74) is 3.94. The zero-order valence-corrected chi connectivity index (χ0v) is 16.7. The molecule has 1 N–H and O–H groups in total. The molecule has 0 spiro atoms. The standard InChI is InChI=1S/C22H26N2O4/c1-5-28-22(27)18-9-11-19(12-10-18)23-21(26)13-14-24(17(4)25)20-8-6-7-15(2)16(20)3/h6-12H,5,13-14H2,1-4H3,(H,23,26). The zero-order chi connectivity index (χ0) is 20.7. The topological polar surface area (TPSA) is 75.7 Å². The molecule has 2 aromatic rings. The average molecular weight is 382 g/mol. The van der Waals surface area contributed by atoms with Gasteiger partial charge in [-0.2, -0.15) is 0 Å². The predicted octanol–water partition coefficient (Wildman–Crippen LogP) is 3.86. The molecule has 0 fully saturated rings. The summed E-state index contributed by atoms with van der Waals surface area (Å²) in [6, 6.07) is 12.3. The third-order valence-electron chi connectivity index (χ3n) is 4.49. The molecule has 0 radical (unpaired) electrons. The van der Waals surface area contributed by atoms with Crippen LogP contribution < -0.4 is 10.2 Å². The van der Waals surface area contributed by atoms with Crippen LogP contribution in [0.1, 0.15) is 41.8 Å². The van der Waals surface area contributed by atoms with Crippen molar-refractivity contribution in [1.82, 2.24) is 0 Å². The van der Waals surface area contributed by atoms with Crippen LogP contribution in [0.3, 0.4) is 0 Å². The van der Waals surface area contributed by atoms with E-state index in [9.17, 15) is 14.4 Å². The van der Waals surface area contributed by atoms with Gasteiger partial charge >= 0.3 is 5.97 Å². The SMILES string of the molecule is CCOC(=O)c1ccc(NC(=O)CCN(C(C)=O)c2cccc(C)c2C)cc1. The Morgan fingerprint density at radius 2 is 1.71 bits per heavy atom. The van der Waals surface area contributed by atoms with Crippen molar-refractivity contribution >= 4 is 29.2 Å². The summed E-state index contributed by atoms with van der Waals surface area (Å²) in [7, 11) is 0. The van der Waals surface area contributed by atoms with Crippen LogP contribution in [0.5, 0.6) is 0 Å². The molecule has 0 saturated carbocycles. The molecule has 2 rings (SSSR count). The van der Waals surface area contributed by atoms with Gasteiger partial charge in [-0.3, -0.25) is 9.59 Å². The minimum absolute atomic E-state index is 0.111. The van der Waals surface area contributed by atoms with Gasteiger partial charge in [0.05, 0.1) is 12.2 Å². The number of hydrogen-bond donors (Lipinski definition) is 1. The lowest BCUT2D eigenvalue weighted by molar-refractivity contribution is -0.117. The highest BCUT2D eigenvalue weighted by atomic mass is 16.5. The van der Waals surface area contributed by atoms with Crippen LogP contribution in [0.4, 0.5) is 11.4 Å². The van der Waals surface area contributed by atoms with Gasteiger partial charge in [0.25, 0.3) is 0 Å². The molecule has 0 aliphatic rings.